The number of carbonyl (C=O) groups excluding carboxylic acids is 1. The number of fused-ring (bicyclic) bond motifs is 1. The lowest BCUT2D eigenvalue weighted by Gasteiger charge is -2.31. The van der Waals surface area contributed by atoms with Crippen LogP contribution in [-0.2, 0) is 4.79 Å². The monoisotopic (exact) mass is 192 g/mol. The van der Waals surface area contributed by atoms with Crippen LogP contribution in [0.4, 0.5) is 0 Å². The minimum atomic E-state index is 0.471. The molecule has 0 N–H and O–H groups in total. The lowest BCUT2D eigenvalue weighted by molar-refractivity contribution is -0.120. The minimum Gasteiger partial charge on any atom is -0.300 e. The van der Waals surface area contributed by atoms with E-state index in [2.05, 4.69) is 13.0 Å². The summed E-state index contributed by atoms with van der Waals surface area (Å²) in [5, 5.41) is 0. The van der Waals surface area contributed by atoms with Crippen LogP contribution in [0.25, 0.3) is 0 Å². The largest absolute Gasteiger partial charge is 0.300 e. The fraction of sp³-hybridized carbons (Fsp3) is 0.769. The Morgan fingerprint density at radius 1 is 1.29 bits per heavy atom. The van der Waals surface area contributed by atoms with E-state index in [4.69, 9.17) is 0 Å². The van der Waals surface area contributed by atoms with Crippen molar-refractivity contribution in [3.8, 4) is 0 Å². The maximum absolute atomic E-state index is 11.5. The van der Waals surface area contributed by atoms with Crippen LogP contribution in [0.2, 0.25) is 0 Å². The standard InChI is InChI=1S/C13H20O/c1-10-9-12(14)7-4-6-11-5-2-3-8-13(10)11/h6,10,13H,2-5,7-9H2,1H3/b11-6-/t10-,13+/m1/s1. The Balaban J connectivity index is 2.15. The van der Waals surface area contributed by atoms with E-state index in [1.807, 2.05) is 0 Å². The highest BCUT2D eigenvalue weighted by molar-refractivity contribution is 5.79. The third kappa shape index (κ3) is 2.08. The number of hydrogen-bond acceptors (Lipinski definition) is 1. The molecule has 0 amide bonds. The Kier molecular flexibility index (Phi) is 3.05. The first-order valence-corrected chi connectivity index (χ1v) is 5.98. The molecule has 0 aromatic carbocycles. The summed E-state index contributed by atoms with van der Waals surface area (Å²) in [6.07, 6.45) is 10.3. The van der Waals surface area contributed by atoms with E-state index >= 15 is 0 Å². The van der Waals surface area contributed by atoms with Gasteiger partial charge in [0.2, 0.25) is 0 Å². The molecule has 0 unspecified atom stereocenters. The van der Waals surface area contributed by atoms with Crippen LogP contribution in [0.5, 0.6) is 0 Å². The molecule has 1 heteroatoms. The third-order valence-electron chi connectivity index (χ3n) is 3.77. The smallest absolute Gasteiger partial charge is 0.133 e. The quantitative estimate of drug-likeness (QED) is 0.537. The van der Waals surface area contributed by atoms with Crippen molar-refractivity contribution >= 4 is 5.78 Å². The summed E-state index contributed by atoms with van der Waals surface area (Å²) < 4.78 is 0. The van der Waals surface area contributed by atoms with Crippen LogP contribution in [0.1, 0.15) is 51.9 Å². The van der Waals surface area contributed by atoms with Crippen molar-refractivity contribution in [3.05, 3.63) is 11.6 Å². The highest BCUT2D eigenvalue weighted by Gasteiger charge is 2.26. The Morgan fingerprint density at radius 2 is 2.14 bits per heavy atom. The minimum absolute atomic E-state index is 0.471. The summed E-state index contributed by atoms with van der Waals surface area (Å²) in [6.45, 7) is 2.26. The second-order valence-corrected chi connectivity index (χ2v) is 4.89. The van der Waals surface area contributed by atoms with Crippen molar-refractivity contribution in [1.29, 1.82) is 0 Å². The van der Waals surface area contributed by atoms with Crippen molar-refractivity contribution in [1.82, 2.24) is 0 Å². The van der Waals surface area contributed by atoms with E-state index in [1.165, 1.54) is 25.7 Å². The lowest BCUT2D eigenvalue weighted by atomic mass is 9.73. The Labute approximate surface area is 86.6 Å². The van der Waals surface area contributed by atoms with Gasteiger partial charge in [-0.1, -0.05) is 25.0 Å². The first kappa shape index (κ1) is 9.95. The van der Waals surface area contributed by atoms with Gasteiger partial charge in [-0.15, -0.1) is 0 Å². The van der Waals surface area contributed by atoms with Gasteiger partial charge >= 0.3 is 0 Å². The second-order valence-electron chi connectivity index (χ2n) is 4.89. The summed E-state index contributed by atoms with van der Waals surface area (Å²) >= 11 is 0. The zero-order valence-electron chi connectivity index (χ0n) is 9.09. The van der Waals surface area contributed by atoms with Gasteiger partial charge in [0.1, 0.15) is 5.78 Å². The molecular formula is C13H20O. The van der Waals surface area contributed by atoms with Crippen molar-refractivity contribution < 1.29 is 4.79 Å². The number of allylic oxidation sites excluding steroid dienone is 2. The van der Waals surface area contributed by atoms with Crippen molar-refractivity contribution in [2.45, 2.75) is 51.9 Å². The molecule has 1 saturated carbocycles. The number of ketones is 1. The molecule has 0 saturated heterocycles. The van der Waals surface area contributed by atoms with Gasteiger partial charge in [0.05, 0.1) is 0 Å². The Morgan fingerprint density at radius 3 is 3.00 bits per heavy atom. The van der Waals surface area contributed by atoms with Crippen LogP contribution in [0.3, 0.4) is 0 Å². The number of carbonyl (C=O) groups is 1. The maximum Gasteiger partial charge on any atom is 0.133 e. The van der Waals surface area contributed by atoms with Crippen LogP contribution in [0, 0.1) is 11.8 Å². The molecule has 2 aliphatic rings. The average molecular weight is 192 g/mol. The van der Waals surface area contributed by atoms with Crippen LogP contribution in [-0.4, -0.2) is 5.78 Å². The molecule has 0 bridgehead atoms. The Hall–Kier alpha value is -0.590. The zero-order valence-corrected chi connectivity index (χ0v) is 9.09. The highest BCUT2D eigenvalue weighted by atomic mass is 16.1. The molecule has 1 fully saturated rings. The van der Waals surface area contributed by atoms with Crippen LogP contribution >= 0.6 is 0 Å². The normalized spacial score (nSPS) is 37.8. The molecule has 0 aliphatic heterocycles. The topological polar surface area (TPSA) is 17.1 Å². The summed E-state index contributed by atoms with van der Waals surface area (Å²) in [4.78, 5) is 11.5. The zero-order chi connectivity index (χ0) is 9.97. The van der Waals surface area contributed by atoms with Crippen molar-refractivity contribution in [3.63, 3.8) is 0 Å². The maximum atomic E-state index is 11.5. The Bertz CT molecular complexity index is 252. The highest BCUT2D eigenvalue weighted by Crippen LogP contribution is 2.37. The third-order valence-corrected chi connectivity index (χ3v) is 3.77. The molecule has 2 aliphatic carbocycles. The van der Waals surface area contributed by atoms with Gasteiger partial charge in [-0.05, 0) is 37.5 Å². The lowest BCUT2D eigenvalue weighted by Crippen LogP contribution is -2.22. The number of hydrogen-bond donors (Lipinski definition) is 0. The van der Waals surface area contributed by atoms with Gasteiger partial charge < -0.3 is 0 Å². The second kappa shape index (κ2) is 4.29. The first-order valence-electron chi connectivity index (χ1n) is 5.98. The number of rotatable bonds is 0. The van der Waals surface area contributed by atoms with Gasteiger partial charge in [-0.25, -0.2) is 0 Å². The molecular weight excluding hydrogens is 172 g/mol. The van der Waals surface area contributed by atoms with Crippen LogP contribution < -0.4 is 0 Å². The van der Waals surface area contributed by atoms with Gasteiger partial charge in [-0.2, -0.15) is 0 Å². The van der Waals surface area contributed by atoms with E-state index in [9.17, 15) is 4.79 Å². The molecule has 0 heterocycles. The van der Waals surface area contributed by atoms with Gasteiger partial charge in [-0.3, -0.25) is 4.79 Å². The van der Waals surface area contributed by atoms with E-state index in [0.717, 1.165) is 25.2 Å². The molecule has 2 atom stereocenters. The van der Waals surface area contributed by atoms with Crippen molar-refractivity contribution in [2.75, 3.05) is 0 Å². The fourth-order valence-electron chi connectivity index (χ4n) is 2.99. The van der Waals surface area contributed by atoms with E-state index in [0.29, 0.717) is 11.7 Å². The SMILES string of the molecule is C[C@@H]1CC(=O)CC/C=C2/CCCC[C@H]21. The molecule has 14 heavy (non-hydrogen) atoms. The molecule has 2 rings (SSSR count). The van der Waals surface area contributed by atoms with Gasteiger partial charge in [0.25, 0.3) is 0 Å². The summed E-state index contributed by atoms with van der Waals surface area (Å²) in [5.41, 5.74) is 1.66. The van der Waals surface area contributed by atoms with E-state index < -0.39 is 0 Å². The summed E-state index contributed by atoms with van der Waals surface area (Å²) in [5.74, 6) is 1.79. The molecule has 78 valence electrons. The van der Waals surface area contributed by atoms with Gasteiger partial charge in [0, 0.05) is 12.8 Å². The predicted octanol–water partition coefficient (Wildman–Crippen LogP) is 3.49. The predicted molar refractivity (Wildman–Crippen MR) is 58.1 cm³/mol. The molecule has 0 radical (unpaired) electrons. The number of Topliss-reactive ketones (excluding diaryl/α,β-unsaturated/α-hetero) is 1. The molecule has 0 spiro atoms. The van der Waals surface area contributed by atoms with Gasteiger partial charge in [0.15, 0.2) is 0 Å². The summed E-state index contributed by atoms with van der Waals surface area (Å²) in [7, 11) is 0. The van der Waals surface area contributed by atoms with E-state index in [-0.39, 0.29) is 0 Å². The molecule has 0 aromatic heterocycles. The molecule has 0 aromatic rings. The average Bonchev–Trinajstić information content (AvgIpc) is 2.16. The fourth-order valence-corrected chi connectivity index (χ4v) is 2.99. The first-order chi connectivity index (χ1) is 6.77. The van der Waals surface area contributed by atoms with E-state index in [1.54, 1.807) is 5.57 Å². The summed E-state index contributed by atoms with van der Waals surface area (Å²) in [6, 6.07) is 0. The van der Waals surface area contributed by atoms with Crippen molar-refractivity contribution in [2.24, 2.45) is 11.8 Å². The molecule has 1 nitrogen and oxygen atoms in total. The van der Waals surface area contributed by atoms with Crippen LogP contribution in [0.15, 0.2) is 11.6 Å².